The second kappa shape index (κ2) is 10.2. The van der Waals surface area contributed by atoms with E-state index in [2.05, 4.69) is 60.1 Å². The number of nitrogens with zero attached hydrogens (tertiary/aromatic N) is 3. The van der Waals surface area contributed by atoms with E-state index < -0.39 is 32.0 Å². The lowest BCUT2D eigenvalue weighted by Crippen LogP contribution is -2.44. The van der Waals surface area contributed by atoms with E-state index in [0.717, 1.165) is 4.91 Å². The number of ether oxygens (including phenoxy) is 3. The van der Waals surface area contributed by atoms with E-state index in [1.165, 1.54) is 8.47 Å². The molecule has 15 heteroatoms. The third-order valence-electron chi connectivity index (χ3n) is 7.63. The van der Waals surface area contributed by atoms with Gasteiger partial charge in [-0.1, -0.05) is 67.8 Å². The maximum Gasteiger partial charge on any atom is 0.280 e. The topological polar surface area (TPSA) is 127 Å². The van der Waals surface area contributed by atoms with Crippen LogP contribution in [0, 0.1) is 0 Å². The summed E-state index contributed by atoms with van der Waals surface area (Å²) in [4.78, 5) is 25.7. The van der Waals surface area contributed by atoms with Gasteiger partial charge in [-0.15, -0.1) is 0 Å². The molecular formula is C25H33N5O5S4Si. The summed E-state index contributed by atoms with van der Waals surface area (Å²) in [5, 5.41) is 6.26. The fraction of sp³-hybridized carbons (Fsp3) is 0.560. The predicted octanol–water partition coefficient (Wildman–Crippen LogP) is 6.00. The Morgan fingerprint density at radius 1 is 1.12 bits per heavy atom. The molecule has 0 unspecified atom stereocenters. The van der Waals surface area contributed by atoms with Crippen LogP contribution in [0.1, 0.15) is 46.7 Å². The normalized spacial score (nSPS) is 28.2. The molecule has 2 saturated heterocycles. The number of thioether (sulfide) groups is 4. The van der Waals surface area contributed by atoms with E-state index >= 15 is 0 Å². The van der Waals surface area contributed by atoms with E-state index in [4.69, 9.17) is 29.4 Å². The summed E-state index contributed by atoms with van der Waals surface area (Å²) in [5.74, 6) is -0.224. The van der Waals surface area contributed by atoms with Gasteiger partial charge < -0.3 is 24.4 Å². The van der Waals surface area contributed by atoms with Crippen molar-refractivity contribution in [2.75, 3.05) is 12.3 Å². The second-order valence-electron chi connectivity index (χ2n) is 11.9. The zero-order valence-electron chi connectivity index (χ0n) is 23.3. The van der Waals surface area contributed by atoms with Crippen molar-refractivity contribution in [2.24, 2.45) is 0 Å². The maximum absolute atomic E-state index is 13.0. The zero-order chi connectivity index (χ0) is 28.6. The van der Waals surface area contributed by atoms with Gasteiger partial charge in [0.05, 0.1) is 20.0 Å². The lowest BCUT2D eigenvalue weighted by atomic mass is 10.1. The zero-order valence-corrected chi connectivity index (χ0v) is 27.6. The van der Waals surface area contributed by atoms with Gasteiger partial charge in [-0.2, -0.15) is 4.98 Å². The van der Waals surface area contributed by atoms with Crippen LogP contribution in [0.4, 0.5) is 5.95 Å². The molecule has 40 heavy (non-hydrogen) atoms. The van der Waals surface area contributed by atoms with Crippen molar-refractivity contribution in [1.82, 2.24) is 19.5 Å². The van der Waals surface area contributed by atoms with Crippen molar-refractivity contribution in [1.29, 1.82) is 0 Å². The van der Waals surface area contributed by atoms with E-state index in [0.29, 0.717) is 18.1 Å². The van der Waals surface area contributed by atoms with Crippen LogP contribution in [0.5, 0.6) is 0 Å². The average molecular weight is 640 g/mol. The Morgan fingerprint density at radius 3 is 2.52 bits per heavy atom. The van der Waals surface area contributed by atoms with Crippen LogP contribution in [-0.4, -0.2) is 58.5 Å². The van der Waals surface area contributed by atoms with Crippen LogP contribution in [0.25, 0.3) is 16.1 Å². The van der Waals surface area contributed by atoms with Gasteiger partial charge in [0.2, 0.25) is 5.95 Å². The summed E-state index contributed by atoms with van der Waals surface area (Å²) < 4.78 is 30.3. The summed E-state index contributed by atoms with van der Waals surface area (Å²) in [6, 6.07) is 0. The quantitative estimate of drug-likeness (QED) is 0.373. The summed E-state index contributed by atoms with van der Waals surface area (Å²) in [5.41, 5.74) is 6.15. The minimum atomic E-state index is -2.05. The van der Waals surface area contributed by atoms with Crippen molar-refractivity contribution >= 4 is 77.4 Å². The molecule has 0 bridgehead atoms. The SMILES string of the molecule is CC1(C)O[C@@H]2[C@H](O1)[C@@H](CO[Si](C)(C)C(C)(C)C)O[C@H]2n1c(C2=CSC(=C3SC=CS3)S2)nc2c(=O)[nH]c(N)nc21. The van der Waals surface area contributed by atoms with Crippen LogP contribution in [0.2, 0.25) is 18.1 Å². The monoisotopic (exact) mass is 639 g/mol. The highest BCUT2D eigenvalue weighted by molar-refractivity contribution is 8.35. The molecule has 2 aromatic rings. The van der Waals surface area contributed by atoms with Crippen LogP contribution in [-0.2, 0) is 18.6 Å². The first kappa shape index (κ1) is 28.9. The molecule has 2 aromatic heterocycles. The number of rotatable bonds is 5. The number of aromatic nitrogens is 4. The molecule has 4 aliphatic heterocycles. The van der Waals surface area contributed by atoms with Gasteiger partial charge >= 0.3 is 0 Å². The lowest BCUT2D eigenvalue weighted by Gasteiger charge is -2.37. The molecule has 3 N–H and O–H groups in total. The van der Waals surface area contributed by atoms with Gasteiger partial charge in [0.15, 0.2) is 37.3 Å². The highest BCUT2D eigenvalue weighted by Gasteiger charge is 2.57. The van der Waals surface area contributed by atoms with Crippen molar-refractivity contribution < 1.29 is 18.6 Å². The average Bonchev–Trinajstić information content (AvgIpc) is 3.65. The van der Waals surface area contributed by atoms with Crippen LogP contribution in [0.3, 0.4) is 0 Å². The third-order valence-corrected chi connectivity index (χ3v) is 17.1. The Hall–Kier alpha value is -1.17. The number of hydrogen-bond acceptors (Lipinski definition) is 12. The molecule has 6 rings (SSSR count). The van der Waals surface area contributed by atoms with Crippen molar-refractivity contribution in [2.45, 2.75) is 83.1 Å². The van der Waals surface area contributed by atoms with Gasteiger partial charge in [-0.25, -0.2) is 4.98 Å². The van der Waals surface area contributed by atoms with E-state index in [9.17, 15) is 4.79 Å². The molecule has 0 aromatic carbocycles. The minimum Gasteiger partial charge on any atom is -0.414 e. The minimum absolute atomic E-state index is 0.0107. The smallest absolute Gasteiger partial charge is 0.280 e. The van der Waals surface area contributed by atoms with Gasteiger partial charge in [0.25, 0.3) is 5.56 Å². The molecule has 4 aliphatic rings. The van der Waals surface area contributed by atoms with Crippen molar-refractivity contribution in [3.8, 4) is 0 Å². The van der Waals surface area contributed by atoms with Crippen LogP contribution >= 0.6 is 47.0 Å². The number of nitrogens with one attached hydrogen (secondary N) is 1. The van der Waals surface area contributed by atoms with Crippen LogP contribution in [0.15, 0.2) is 29.5 Å². The number of hydrogen-bond donors (Lipinski definition) is 2. The Kier molecular flexibility index (Phi) is 7.39. The van der Waals surface area contributed by atoms with Crippen molar-refractivity contribution in [3.05, 3.63) is 40.9 Å². The maximum atomic E-state index is 13.0. The molecule has 0 radical (unpaired) electrons. The Bertz CT molecular complexity index is 1500. The fourth-order valence-electron chi connectivity index (χ4n) is 4.67. The highest BCUT2D eigenvalue weighted by atomic mass is 32.2. The summed E-state index contributed by atoms with van der Waals surface area (Å²) >= 11 is 6.67. The predicted molar refractivity (Wildman–Crippen MR) is 168 cm³/mol. The number of H-pyrrole nitrogens is 1. The molecule has 10 nitrogen and oxygen atoms in total. The number of aromatic amines is 1. The largest absolute Gasteiger partial charge is 0.414 e. The number of imidazole rings is 1. The van der Waals surface area contributed by atoms with Gasteiger partial charge in [0, 0.05) is 0 Å². The standard InChI is InChI=1S/C25H33N5O5S4Si/c1-24(2,3)40(6,7)32-10-12-15-16(35-25(4,5)34-15)20(33-12)30-17(27-14-18(30)28-23(26)29-19(14)31)13-11-38-22(39-13)21-36-8-9-37-21/h8-9,11-12,15-16,20H,10H2,1-7H3,(H3,26,28,29,31)/t12-,15-,16-,20-/m1/s1. The van der Waals surface area contributed by atoms with Gasteiger partial charge in [-0.3, -0.25) is 14.3 Å². The van der Waals surface area contributed by atoms with E-state index in [-0.39, 0.29) is 28.7 Å². The molecule has 4 atom stereocenters. The lowest BCUT2D eigenvalue weighted by molar-refractivity contribution is -0.199. The first-order valence-corrected chi connectivity index (χ1v) is 19.3. The van der Waals surface area contributed by atoms with E-state index in [1.807, 2.05) is 18.4 Å². The van der Waals surface area contributed by atoms with E-state index in [1.54, 1.807) is 47.0 Å². The number of fused-ring (bicyclic) bond motifs is 2. The van der Waals surface area contributed by atoms with Gasteiger partial charge in [0.1, 0.15) is 18.3 Å². The summed E-state index contributed by atoms with van der Waals surface area (Å²) in [7, 11) is -2.05. The molecule has 2 fully saturated rings. The van der Waals surface area contributed by atoms with Crippen LogP contribution < -0.4 is 11.3 Å². The molecule has 0 amide bonds. The third kappa shape index (κ3) is 5.15. The second-order valence-corrected chi connectivity index (χ2v) is 21.0. The number of nitrogens with two attached hydrogens (primary N) is 1. The molecule has 0 saturated carbocycles. The number of nitrogen functional groups attached to an aromatic ring is 1. The van der Waals surface area contributed by atoms with Crippen molar-refractivity contribution in [3.63, 3.8) is 0 Å². The molecule has 216 valence electrons. The molecular weight excluding hydrogens is 607 g/mol. The Morgan fingerprint density at radius 2 is 1.82 bits per heavy atom. The first-order chi connectivity index (χ1) is 18.7. The van der Waals surface area contributed by atoms with Gasteiger partial charge in [-0.05, 0) is 48.2 Å². The summed E-state index contributed by atoms with van der Waals surface area (Å²) in [6.45, 7) is 15.2. The molecule has 6 heterocycles. The first-order valence-electron chi connectivity index (χ1n) is 12.9. The highest BCUT2D eigenvalue weighted by Crippen LogP contribution is 2.56. The molecule has 0 spiro atoms. The molecule has 0 aliphatic carbocycles. The summed E-state index contributed by atoms with van der Waals surface area (Å²) in [6.07, 6.45) is -1.88. The number of anilines is 1. The Balaban J connectivity index is 1.40. The Labute approximate surface area is 250 Å². The fourth-order valence-corrected chi connectivity index (χ4v) is 10.1.